The lowest BCUT2D eigenvalue weighted by Crippen LogP contribution is -2.01. The summed E-state index contributed by atoms with van der Waals surface area (Å²) in [5, 5.41) is 6.23. The molecule has 0 saturated heterocycles. The van der Waals surface area contributed by atoms with Gasteiger partial charge in [0.15, 0.2) is 0 Å². The molecule has 0 heterocycles. The highest BCUT2D eigenvalue weighted by Crippen LogP contribution is 2.29. The van der Waals surface area contributed by atoms with E-state index < -0.39 is 0 Å². The van der Waals surface area contributed by atoms with E-state index in [2.05, 4.69) is 40.0 Å². The number of nitrogens with one attached hydrogen (secondary N) is 1. The molecular weight excluding hydrogens is 286 g/mol. The fraction of sp³-hybridized carbons (Fsp3) is 0.0769. The van der Waals surface area contributed by atoms with Crippen molar-refractivity contribution in [3.05, 3.63) is 52.5 Å². The van der Waals surface area contributed by atoms with Crippen LogP contribution in [0, 0.1) is 0 Å². The second-order valence-electron chi connectivity index (χ2n) is 3.51. The number of fused-ring (bicyclic) bond motifs is 1. The van der Waals surface area contributed by atoms with Crippen molar-refractivity contribution in [2.24, 2.45) is 0 Å². The molecule has 0 aromatic heterocycles. The Hall–Kier alpha value is -0.990. The van der Waals surface area contributed by atoms with Gasteiger partial charge in [-0.05, 0) is 17.5 Å². The van der Waals surface area contributed by atoms with Gasteiger partial charge in [0, 0.05) is 20.6 Å². The molecule has 1 N–H and O–H groups in total. The molecular formula is C13H11BrClN. The first-order valence-corrected chi connectivity index (χ1v) is 6.10. The maximum atomic E-state index is 5.74. The third-order valence-electron chi connectivity index (χ3n) is 2.34. The van der Waals surface area contributed by atoms with Gasteiger partial charge in [-0.3, -0.25) is 0 Å². The van der Waals surface area contributed by atoms with E-state index in [1.165, 1.54) is 10.8 Å². The first kappa shape index (κ1) is 11.5. The predicted octanol–water partition coefficient (Wildman–Crippen LogP) is 4.77. The SMILES string of the molecule is C=C(Cl)CNc1ccc(Br)c2ccccc12. The van der Waals surface area contributed by atoms with E-state index >= 15 is 0 Å². The normalized spacial score (nSPS) is 10.4. The van der Waals surface area contributed by atoms with Crippen molar-refractivity contribution in [1.29, 1.82) is 0 Å². The minimum absolute atomic E-state index is 0.577. The van der Waals surface area contributed by atoms with Gasteiger partial charge in [0.05, 0.1) is 6.54 Å². The van der Waals surface area contributed by atoms with Crippen molar-refractivity contribution >= 4 is 44.0 Å². The van der Waals surface area contributed by atoms with Crippen LogP contribution < -0.4 is 5.32 Å². The molecule has 0 saturated carbocycles. The summed E-state index contributed by atoms with van der Waals surface area (Å²) in [6.45, 7) is 4.24. The highest BCUT2D eigenvalue weighted by Gasteiger charge is 2.03. The Labute approximate surface area is 108 Å². The van der Waals surface area contributed by atoms with Crippen LogP contribution in [0.25, 0.3) is 10.8 Å². The van der Waals surface area contributed by atoms with Gasteiger partial charge in [-0.1, -0.05) is 58.4 Å². The Morgan fingerprint density at radius 3 is 2.56 bits per heavy atom. The van der Waals surface area contributed by atoms with Crippen molar-refractivity contribution in [1.82, 2.24) is 0 Å². The fourth-order valence-corrected chi connectivity index (χ4v) is 2.15. The standard InChI is InChI=1S/C13H11BrClN/c1-9(15)8-16-13-7-6-12(14)10-4-2-3-5-11(10)13/h2-7,16H,1,8H2. The summed E-state index contributed by atoms with van der Waals surface area (Å²) >= 11 is 9.28. The summed E-state index contributed by atoms with van der Waals surface area (Å²) in [4.78, 5) is 0. The summed E-state index contributed by atoms with van der Waals surface area (Å²) in [5.74, 6) is 0. The van der Waals surface area contributed by atoms with E-state index in [-0.39, 0.29) is 0 Å². The molecule has 0 radical (unpaired) electrons. The molecule has 0 unspecified atom stereocenters. The highest BCUT2D eigenvalue weighted by molar-refractivity contribution is 9.10. The lowest BCUT2D eigenvalue weighted by atomic mass is 10.1. The molecule has 0 bridgehead atoms. The Kier molecular flexibility index (Phi) is 3.52. The van der Waals surface area contributed by atoms with E-state index in [4.69, 9.17) is 11.6 Å². The van der Waals surface area contributed by atoms with Gasteiger partial charge >= 0.3 is 0 Å². The topological polar surface area (TPSA) is 12.0 Å². The van der Waals surface area contributed by atoms with Crippen LogP contribution in [0.4, 0.5) is 5.69 Å². The van der Waals surface area contributed by atoms with E-state index in [9.17, 15) is 0 Å². The van der Waals surface area contributed by atoms with Crippen molar-refractivity contribution in [3.8, 4) is 0 Å². The lowest BCUT2D eigenvalue weighted by molar-refractivity contribution is 1.33. The second kappa shape index (κ2) is 4.89. The third-order valence-corrected chi connectivity index (χ3v) is 3.17. The zero-order valence-electron chi connectivity index (χ0n) is 8.63. The van der Waals surface area contributed by atoms with Gasteiger partial charge in [-0.25, -0.2) is 0 Å². The molecule has 0 fully saturated rings. The summed E-state index contributed by atoms with van der Waals surface area (Å²) in [6.07, 6.45) is 0. The van der Waals surface area contributed by atoms with Crippen LogP contribution in [0.1, 0.15) is 0 Å². The molecule has 0 aliphatic heterocycles. The molecule has 0 spiro atoms. The molecule has 0 amide bonds. The van der Waals surface area contributed by atoms with Gasteiger partial charge in [0.25, 0.3) is 0 Å². The number of halogens is 2. The monoisotopic (exact) mass is 295 g/mol. The maximum Gasteiger partial charge on any atom is 0.0502 e. The number of anilines is 1. The molecule has 82 valence electrons. The van der Waals surface area contributed by atoms with Gasteiger partial charge in [0.1, 0.15) is 0 Å². The van der Waals surface area contributed by atoms with E-state index in [1.54, 1.807) is 0 Å². The van der Waals surface area contributed by atoms with Crippen molar-refractivity contribution in [2.75, 3.05) is 11.9 Å². The molecule has 2 aromatic carbocycles. The maximum absolute atomic E-state index is 5.74. The minimum Gasteiger partial charge on any atom is -0.380 e. The average molecular weight is 297 g/mol. The summed E-state index contributed by atoms with van der Waals surface area (Å²) in [6, 6.07) is 12.3. The Bertz CT molecular complexity index is 536. The van der Waals surface area contributed by atoms with Gasteiger partial charge in [-0.15, -0.1) is 0 Å². The van der Waals surface area contributed by atoms with Gasteiger partial charge < -0.3 is 5.32 Å². The Balaban J connectivity index is 2.46. The lowest BCUT2D eigenvalue weighted by Gasteiger charge is -2.10. The number of rotatable bonds is 3. The van der Waals surface area contributed by atoms with Crippen LogP contribution in [0.3, 0.4) is 0 Å². The zero-order valence-corrected chi connectivity index (χ0v) is 11.0. The second-order valence-corrected chi connectivity index (χ2v) is 4.90. The smallest absolute Gasteiger partial charge is 0.0502 e. The highest BCUT2D eigenvalue weighted by atomic mass is 79.9. The van der Waals surface area contributed by atoms with Crippen molar-refractivity contribution < 1.29 is 0 Å². The minimum atomic E-state index is 0.577. The number of benzene rings is 2. The Morgan fingerprint density at radius 2 is 1.88 bits per heavy atom. The largest absolute Gasteiger partial charge is 0.380 e. The first-order chi connectivity index (χ1) is 7.68. The summed E-state index contributed by atoms with van der Waals surface area (Å²) < 4.78 is 1.10. The van der Waals surface area contributed by atoms with Crippen LogP contribution in [0.2, 0.25) is 0 Å². The van der Waals surface area contributed by atoms with E-state index in [0.717, 1.165) is 10.2 Å². The fourth-order valence-electron chi connectivity index (χ4n) is 1.61. The van der Waals surface area contributed by atoms with E-state index in [1.807, 2.05) is 24.3 Å². The van der Waals surface area contributed by atoms with Crippen LogP contribution in [0.15, 0.2) is 52.5 Å². The molecule has 2 aromatic rings. The molecule has 0 atom stereocenters. The van der Waals surface area contributed by atoms with Crippen LogP contribution in [-0.2, 0) is 0 Å². The summed E-state index contributed by atoms with van der Waals surface area (Å²) in [7, 11) is 0. The van der Waals surface area contributed by atoms with E-state index in [0.29, 0.717) is 11.6 Å². The molecule has 16 heavy (non-hydrogen) atoms. The molecule has 2 rings (SSSR count). The number of hydrogen-bond acceptors (Lipinski definition) is 1. The van der Waals surface area contributed by atoms with Crippen molar-refractivity contribution in [3.63, 3.8) is 0 Å². The quantitative estimate of drug-likeness (QED) is 0.860. The van der Waals surface area contributed by atoms with Gasteiger partial charge in [0.2, 0.25) is 0 Å². The first-order valence-electron chi connectivity index (χ1n) is 4.93. The van der Waals surface area contributed by atoms with Crippen LogP contribution in [-0.4, -0.2) is 6.54 Å². The molecule has 1 nitrogen and oxygen atoms in total. The molecule has 0 aliphatic rings. The average Bonchev–Trinajstić information content (AvgIpc) is 2.28. The van der Waals surface area contributed by atoms with Crippen LogP contribution >= 0.6 is 27.5 Å². The number of hydrogen-bond donors (Lipinski definition) is 1. The Morgan fingerprint density at radius 1 is 1.19 bits per heavy atom. The third kappa shape index (κ3) is 2.39. The predicted molar refractivity (Wildman–Crippen MR) is 75.1 cm³/mol. The molecule has 0 aliphatic carbocycles. The van der Waals surface area contributed by atoms with Crippen molar-refractivity contribution in [2.45, 2.75) is 0 Å². The van der Waals surface area contributed by atoms with Crippen LogP contribution in [0.5, 0.6) is 0 Å². The zero-order chi connectivity index (χ0) is 11.5. The summed E-state index contributed by atoms with van der Waals surface area (Å²) in [5.41, 5.74) is 1.07. The van der Waals surface area contributed by atoms with Gasteiger partial charge in [-0.2, -0.15) is 0 Å². The molecule has 3 heteroatoms.